The third kappa shape index (κ3) is 1.94. The van der Waals surface area contributed by atoms with Crippen LogP contribution < -0.4 is 5.73 Å². The Kier molecular flexibility index (Phi) is 2.59. The molecule has 1 heterocycles. The van der Waals surface area contributed by atoms with Crippen LogP contribution in [0.4, 0.5) is 5.82 Å². The largest absolute Gasteiger partial charge is 0.382 e. The van der Waals surface area contributed by atoms with E-state index in [1.807, 2.05) is 6.92 Å². The first-order valence-corrected chi connectivity index (χ1v) is 5.10. The zero-order chi connectivity index (χ0) is 11.0. The molecule has 2 aromatic rings. The van der Waals surface area contributed by atoms with Gasteiger partial charge in [-0.1, -0.05) is 23.2 Å². The minimum atomic E-state index is 0.447. The van der Waals surface area contributed by atoms with Crippen molar-refractivity contribution < 1.29 is 0 Å². The Hall–Kier alpha value is -1.19. The lowest BCUT2D eigenvalue weighted by molar-refractivity contribution is 0.885. The Morgan fingerprint density at radius 3 is 2.60 bits per heavy atom. The summed E-state index contributed by atoms with van der Waals surface area (Å²) in [5.41, 5.74) is 7.19. The molecule has 0 saturated carbocycles. The Morgan fingerprint density at radius 2 is 2.00 bits per heavy atom. The van der Waals surface area contributed by atoms with Gasteiger partial charge < -0.3 is 5.73 Å². The molecule has 78 valence electrons. The van der Waals surface area contributed by atoms with Crippen LogP contribution in [0.1, 0.15) is 5.56 Å². The van der Waals surface area contributed by atoms with Crippen LogP contribution in [0.2, 0.25) is 10.0 Å². The Balaban J connectivity index is 2.58. The molecule has 2 N–H and O–H groups in total. The van der Waals surface area contributed by atoms with Gasteiger partial charge in [0.2, 0.25) is 0 Å². The van der Waals surface area contributed by atoms with Gasteiger partial charge in [0.1, 0.15) is 5.82 Å². The molecule has 0 aliphatic rings. The third-order valence-electron chi connectivity index (χ3n) is 2.08. The number of aryl methyl sites for hydroxylation is 1. The van der Waals surface area contributed by atoms with E-state index in [0.717, 1.165) is 11.3 Å². The topological polar surface area (TPSA) is 43.8 Å². The highest BCUT2D eigenvalue weighted by molar-refractivity contribution is 6.35. The van der Waals surface area contributed by atoms with Gasteiger partial charge in [-0.15, -0.1) is 0 Å². The smallest absolute Gasteiger partial charge is 0.145 e. The maximum atomic E-state index is 6.08. The van der Waals surface area contributed by atoms with E-state index in [0.29, 0.717) is 15.9 Å². The van der Waals surface area contributed by atoms with Crippen molar-refractivity contribution in [1.29, 1.82) is 0 Å². The molecular weight excluding hydrogens is 233 g/mol. The monoisotopic (exact) mass is 241 g/mol. The van der Waals surface area contributed by atoms with Crippen molar-refractivity contribution in [1.82, 2.24) is 9.78 Å². The summed E-state index contributed by atoms with van der Waals surface area (Å²) in [5.74, 6) is 0.447. The van der Waals surface area contributed by atoms with Gasteiger partial charge >= 0.3 is 0 Å². The quantitative estimate of drug-likeness (QED) is 0.835. The number of hydrogen-bond donors (Lipinski definition) is 1. The van der Waals surface area contributed by atoms with E-state index in [4.69, 9.17) is 28.9 Å². The maximum Gasteiger partial charge on any atom is 0.145 e. The molecule has 0 atom stereocenters. The van der Waals surface area contributed by atoms with Crippen molar-refractivity contribution >= 4 is 29.0 Å². The standard InChI is InChI=1S/C10H9Cl2N3/c1-6-4-8(12)9(5-7(6)11)15-3-2-10(13)14-15/h2-5H,1H3,(H2,13,14). The molecular formula is C10H9Cl2N3. The second-order valence-corrected chi connectivity index (χ2v) is 4.05. The number of nitrogen functional groups attached to an aromatic ring is 1. The van der Waals surface area contributed by atoms with E-state index < -0.39 is 0 Å². The first-order chi connectivity index (χ1) is 7.08. The van der Waals surface area contributed by atoms with E-state index in [1.165, 1.54) is 0 Å². The predicted molar refractivity (Wildman–Crippen MR) is 62.7 cm³/mol. The molecule has 0 unspecified atom stereocenters. The average Bonchev–Trinajstić information content (AvgIpc) is 2.58. The number of hydrogen-bond acceptors (Lipinski definition) is 2. The van der Waals surface area contributed by atoms with Crippen molar-refractivity contribution in [3.05, 3.63) is 40.0 Å². The van der Waals surface area contributed by atoms with E-state index in [-0.39, 0.29) is 0 Å². The lowest BCUT2D eigenvalue weighted by Gasteiger charge is -2.06. The summed E-state index contributed by atoms with van der Waals surface area (Å²) in [6, 6.07) is 5.27. The number of rotatable bonds is 1. The molecule has 0 amide bonds. The molecule has 5 heteroatoms. The van der Waals surface area contributed by atoms with Crippen LogP contribution in [0.5, 0.6) is 0 Å². The highest BCUT2D eigenvalue weighted by atomic mass is 35.5. The zero-order valence-electron chi connectivity index (χ0n) is 8.04. The molecule has 0 aliphatic heterocycles. The summed E-state index contributed by atoms with van der Waals surface area (Å²) in [5, 5.41) is 5.32. The van der Waals surface area contributed by atoms with Crippen molar-refractivity contribution in [2.24, 2.45) is 0 Å². The Bertz CT molecular complexity index is 505. The van der Waals surface area contributed by atoms with Gasteiger partial charge in [0.15, 0.2) is 0 Å². The van der Waals surface area contributed by atoms with Crippen LogP contribution in [0, 0.1) is 6.92 Å². The van der Waals surface area contributed by atoms with Gasteiger partial charge in [0.05, 0.1) is 10.7 Å². The summed E-state index contributed by atoms with van der Waals surface area (Å²) in [6.07, 6.45) is 1.74. The zero-order valence-corrected chi connectivity index (χ0v) is 9.55. The lowest BCUT2D eigenvalue weighted by Crippen LogP contribution is -1.97. The van der Waals surface area contributed by atoms with Gasteiger partial charge in [-0.3, -0.25) is 0 Å². The van der Waals surface area contributed by atoms with Gasteiger partial charge in [-0.05, 0) is 24.6 Å². The molecule has 0 aliphatic carbocycles. The van der Waals surface area contributed by atoms with E-state index in [9.17, 15) is 0 Å². The van der Waals surface area contributed by atoms with Crippen LogP contribution in [0.25, 0.3) is 5.69 Å². The molecule has 15 heavy (non-hydrogen) atoms. The molecule has 0 radical (unpaired) electrons. The molecule has 1 aromatic carbocycles. The number of nitrogens with zero attached hydrogens (tertiary/aromatic N) is 2. The predicted octanol–water partition coefficient (Wildman–Crippen LogP) is 3.07. The van der Waals surface area contributed by atoms with Gasteiger partial charge in [-0.2, -0.15) is 5.10 Å². The summed E-state index contributed by atoms with van der Waals surface area (Å²) in [7, 11) is 0. The van der Waals surface area contributed by atoms with Gasteiger partial charge in [0.25, 0.3) is 0 Å². The van der Waals surface area contributed by atoms with Crippen molar-refractivity contribution in [3.8, 4) is 5.69 Å². The van der Waals surface area contributed by atoms with Crippen molar-refractivity contribution in [2.45, 2.75) is 6.92 Å². The van der Waals surface area contributed by atoms with E-state index >= 15 is 0 Å². The number of benzene rings is 1. The highest BCUT2D eigenvalue weighted by Gasteiger charge is 2.07. The fraction of sp³-hybridized carbons (Fsp3) is 0.100. The molecule has 0 spiro atoms. The molecule has 0 saturated heterocycles. The summed E-state index contributed by atoms with van der Waals surface area (Å²) in [6.45, 7) is 1.90. The number of anilines is 1. The van der Waals surface area contributed by atoms with Gasteiger partial charge in [0, 0.05) is 17.3 Å². The maximum absolute atomic E-state index is 6.08. The number of halogens is 2. The Labute approximate surface area is 97.4 Å². The van der Waals surface area contributed by atoms with Crippen molar-refractivity contribution in [2.75, 3.05) is 5.73 Å². The normalized spacial score (nSPS) is 10.6. The van der Waals surface area contributed by atoms with Crippen LogP contribution in [0.15, 0.2) is 24.4 Å². The second kappa shape index (κ2) is 3.76. The Morgan fingerprint density at radius 1 is 1.27 bits per heavy atom. The minimum absolute atomic E-state index is 0.447. The molecule has 0 bridgehead atoms. The van der Waals surface area contributed by atoms with Crippen LogP contribution in [0.3, 0.4) is 0 Å². The SMILES string of the molecule is Cc1cc(Cl)c(-n2ccc(N)n2)cc1Cl. The van der Waals surface area contributed by atoms with Crippen LogP contribution >= 0.6 is 23.2 Å². The van der Waals surface area contributed by atoms with Crippen LogP contribution in [-0.4, -0.2) is 9.78 Å². The summed E-state index contributed by atoms with van der Waals surface area (Å²) < 4.78 is 1.60. The highest BCUT2D eigenvalue weighted by Crippen LogP contribution is 2.27. The molecule has 0 fully saturated rings. The minimum Gasteiger partial charge on any atom is -0.382 e. The number of aromatic nitrogens is 2. The fourth-order valence-corrected chi connectivity index (χ4v) is 1.75. The van der Waals surface area contributed by atoms with E-state index in [2.05, 4.69) is 5.10 Å². The summed E-state index contributed by atoms with van der Waals surface area (Å²) >= 11 is 12.1. The van der Waals surface area contributed by atoms with E-state index in [1.54, 1.807) is 29.1 Å². The average molecular weight is 242 g/mol. The van der Waals surface area contributed by atoms with Crippen LogP contribution in [-0.2, 0) is 0 Å². The molecule has 1 aromatic heterocycles. The first-order valence-electron chi connectivity index (χ1n) is 4.35. The first kappa shape index (κ1) is 10.3. The summed E-state index contributed by atoms with van der Waals surface area (Å²) in [4.78, 5) is 0. The fourth-order valence-electron chi connectivity index (χ4n) is 1.28. The lowest BCUT2D eigenvalue weighted by atomic mass is 10.2. The third-order valence-corrected chi connectivity index (χ3v) is 2.79. The molecule has 3 nitrogen and oxygen atoms in total. The number of nitrogens with two attached hydrogens (primary N) is 1. The van der Waals surface area contributed by atoms with Crippen molar-refractivity contribution in [3.63, 3.8) is 0 Å². The molecule has 2 rings (SSSR count). The second-order valence-electron chi connectivity index (χ2n) is 3.24. The van der Waals surface area contributed by atoms with Gasteiger partial charge in [-0.25, -0.2) is 4.68 Å².